The van der Waals surface area contributed by atoms with E-state index in [2.05, 4.69) is 21.2 Å². The molecule has 1 fully saturated rings. The topological polar surface area (TPSA) is 86.7 Å². The number of nitrogens with zero attached hydrogens (tertiary/aromatic N) is 1. The molecular weight excluding hydrogens is 364 g/mol. The fourth-order valence-electron chi connectivity index (χ4n) is 2.64. The van der Waals surface area contributed by atoms with E-state index in [0.29, 0.717) is 25.8 Å². The monoisotopic (exact) mass is 382 g/mol. The Balaban J connectivity index is 2.06. The second-order valence-electron chi connectivity index (χ2n) is 5.50. The number of carbonyl (C=O) groups excluding carboxylic acids is 2. The zero-order chi connectivity index (χ0) is 17.0. The van der Waals surface area contributed by atoms with Crippen LogP contribution in [-0.4, -0.2) is 35.5 Å². The number of carboxylic acids is 1. The quantitative estimate of drug-likeness (QED) is 0.738. The smallest absolute Gasteiger partial charge is 0.326 e. The molecule has 0 aromatic heterocycles. The van der Waals surface area contributed by atoms with Gasteiger partial charge in [-0.2, -0.15) is 0 Å². The number of carboxylic acid groups (broad SMARTS) is 1. The number of benzene rings is 1. The van der Waals surface area contributed by atoms with Crippen molar-refractivity contribution in [2.45, 2.75) is 32.2 Å². The molecule has 2 unspecified atom stereocenters. The van der Waals surface area contributed by atoms with Gasteiger partial charge in [0.25, 0.3) is 0 Å². The van der Waals surface area contributed by atoms with E-state index in [-0.39, 0.29) is 5.91 Å². The van der Waals surface area contributed by atoms with E-state index in [1.807, 2.05) is 25.1 Å². The average Bonchev–Trinajstić information content (AvgIpc) is 2.88. The van der Waals surface area contributed by atoms with E-state index in [4.69, 9.17) is 5.11 Å². The Morgan fingerprint density at radius 2 is 2.22 bits per heavy atom. The zero-order valence-corrected chi connectivity index (χ0v) is 14.4. The van der Waals surface area contributed by atoms with Crippen molar-refractivity contribution in [3.05, 3.63) is 28.7 Å². The highest BCUT2D eigenvalue weighted by atomic mass is 79.9. The van der Waals surface area contributed by atoms with E-state index >= 15 is 0 Å². The van der Waals surface area contributed by atoms with Gasteiger partial charge in [0.15, 0.2) is 0 Å². The Morgan fingerprint density at radius 3 is 2.83 bits per heavy atom. The van der Waals surface area contributed by atoms with Crippen molar-refractivity contribution in [1.82, 2.24) is 5.32 Å². The van der Waals surface area contributed by atoms with Crippen molar-refractivity contribution in [2.75, 3.05) is 11.4 Å². The van der Waals surface area contributed by atoms with Crippen LogP contribution >= 0.6 is 15.9 Å². The van der Waals surface area contributed by atoms with Crippen LogP contribution in [0, 0.1) is 5.92 Å². The molecule has 2 rings (SSSR count). The van der Waals surface area contributed by atoms with Crippen molar-refractivity contribution in [3.8, 4) is 0 Å². The molecule has 0 spiro atoms. The van der Waals surface area contributed by atoms with Gasteiger partial charge < -0.3 is 15.3 Å². The van der Waals surface area contributed by atoms with Crippen LogP contribution in [0.1, 0.15) is 26.2 Å². The number of rotatable bonds is 6. The van der Waals surface area contributed by atoms with E-state index in [0.717, 1.165) is 10.2 Å². The van der Waals surface area contributed by atoms with Gasteiger partial charge in [0.2, 0.25) is 11.8 Å². The lowest BCUT2D eigenvalue weighted by Gasteiger charge is -2.18. The van der Waals surface area contributed by atoms with Gasteiger partial charge >= 0.3 is 5.97 Å². The van der Waals surface area contributed by atoms with Gasteiger partial charge in [-0.25, -0.2) is 4.79 Å². The van der Waals surface area contributed by atoms with Crippen LogP contribution in [0.4, 0.5) is 5.69 Å². The first kappa shape index (κ1) is 17.5. The van der Waals surface area contributed by atoms with Crippen molar-refractivity contribution < 1.29 is 19.5 Å². The first-order chi connectivity index (χ1) is 10.9. The summed E-state index contributed by atoms with van der Waals surface area (Å²) >= 11 is 3.36. The summed E-state index contributed by atoms with van der Waals surface area (Å²) in [6.07, 6.45) is 1.37. The number of halogens is 1. The molecular formula is C16H19BrN2O4. The van der Waals surface area contributed by atoms with Gasteiger partial charge in [0.05, 0.1) is 0 Å². The largest absolute Gasteiger partial charge is 0.480 e. The third kappa shape index (κ3) is 4.10. The maximum atomic E-state index is 12.5. The number of hydrogen-bond donors (Lipinski definition) is 2. The molecule has 1 heterocycles. The minimum Gasteiger partial charge on any atom is -0.480 e. The van der Waals surface area contributed by atoms with Crippen LogP contribution < -0.4 is 10.2 Å². The van der Waals surface area contributed by atoms with E-state index in [1.165, 1.54) is 0 Å². The Labute approximate surface area is 143 Å². The van der Waals surface area contributed by atoms with Gasteiger partial charge in [0.1, 0.15) is 12.0 Å². The molecule has 1 aromatic carbocycles. The van der Waals surface area contributed by atoms with Crippen LogP contribution in [0.2, 0.25) is 0 Å². The number of hydrogen-bond acceptors (Lipinski definition) is 3. The molecule has 2 atom stereocenters. The molecule has 1 aliphatic rings. The van der Waals surface area contributed by atoms with Crippen LogP contribution in [0.5, 0.6) is 0 Å². The summed E-state index contributed by atoms with van der Waals surface area (Å²) in [6, 6.07) is 6.36. The predicted molar refractivity (Wildman–Crippen MR) is 89.1 cm³/mol. The minimum atomic E-state index is -1.07. The molecule has 1 saturated heterocycles. The molecule has 0 saturated carbocycles. The lowest BCUT2D eigenvalue weighted by molar-refractivity contribution is -0.143. The standard InChI is InChI=1S/C16H19BrN2O4/c1-2-4-13(16(22)23)18-14(20)12-7-8-19(15(12)21)11-6-3-5-10(17)9-11/h3,5-6,9,12-13H,2,4,7-8H2,1H3,(H,18,20)(H,22,23). The number of carbonyl (C=O) groups is 3. The third-order valence-corrected chi connectivity index (χ3v) is 4.33. The van der Waals surface area contributed by atoms with Gasteiger partial charge in [0, 0.05) is 16.7 Å². The van der Waals surface area contributed by atoms with Gasteiger partial charge in [-0.15, -0.1) is 0 Å². The summed E-state index contributed by atoms with van der Waals surface area (Å²) in [5.74, 6) is -2.70. The number of anilines is 1. The molecule has 0 aliphatic carbocycles. The maximum absolute atomic E-state index is 12.5. The Morgan fingerprint density at radius 1 is 1.48 bits per heavy atom. The third-order valence-electron chi connectivity index (χ3n) is 3.83. The minimum absolute atomic E-state index is 0.291. The second-order valence-corrected chi connectivity index (χ2v) is 6.41. The first-order valence-corrected chi connectivity index (χ1v) is 8.33. The SMILES string of the molecule is CCCC(NC(=O)C1CCN(c2cccc(Br)c2)C1=O)C(=O)O. The van der Waals surface area contributed by atoms with Gasteiger partial charge in [-0.1, -0.05) is 35.3 Å². The Hall–Kier alpha value is -1.89. The van der Waals surface area contributed by atoms with Crippen molar-refractivity contribution in [1.29, 1.82) is 0 Å². The van der Waals surface area contributed by atoms with Crippen LogP contribution in [0.25, 0.3) is 0 Å². The molecule has 0 radical (unpaired) electrons. The highest BCUT2D eigenvalue weighted by molar-refractivity contribution is 9.10. The molecule has 2 N–H and O–H groups in total. The summed E-state index contributed by atoms with van der Waals surface area (Å²) in [5.41, 5.74) is 0.725. The molecule has 124 valence electrons. The maximum Gasteiger partial charge on any atom is 0.326 e. The van der Waals surface area contributed by atoms with E-state index in [9.17, 15) is 14.4 Å². The predicted octanol–water partition coefficient (Wildman–Crippen LogP) is 2.17. The molecule has 7 heteroatoms. The second kappa shape index (κ2) is 7.59. The highest BCUT2D eigenvalue weighted by Crippen LogP contribution is 2.27. The Bertz CT molecular complexity index is 620. The normalized spacial score (nSPS) is 18.8. The molecule has 23 heavy (non-hydrogen) atoms. The molecule has 0 bridgehead atoms. The van der Waals surface area contributed by atoms with Crippen molar-refractivity contribution in [3.63, 3.8) is 0 Å². The summed E-state index contributed by atoms with van der Waals surface area (Å²) in [5, 5.41) is 11.6. The lowest BCUT2D eigenvalue weighted by Crippen LogP contribution is -2.45. The molecule has 1 aliphatic heterocycles. The summed E-state index contributed by atoms with van der Waals surface area (Å²) < 4.78 is 0.851. The molecule has 6 nitrogen and oxygen atoms in total. The number of aliphatic carboxylic acids is 1. The zero-order valence-electron chi connectivity index (χ0n) is 12.8. The van der Waals surface area contributed by atoms with Gasteiger partial charge in [-0.05, 0) is 31.0 Å². The van der Waals surface area contributed by atoms with Crippen LogP contribution in [0.15, 0.2) is 28.7 Å². The summed E-state index contributed by atoms with van der Waals surface area (Å²) in [4.78, 5) is 37.4. The van der Waals surface area contributed by atoms with E-state index < -0.39 is 23.8 Å². The highest BCUT2D eigenvalue weighted by Gasteiger charge is 2.38. The van der Waals surface area contributed by atoms with Crippen LogP contribution in [-0.2, 0) is 14.4 Å². The lowest BCUT2D eigenvalue weighted by atomic mass is 10.1. The van der Waals surface area contributed by atoms with Crippen LogP contribution in [0.3, 0.4) is 0 Å². The van der Waals surface area contributed by atoms with E-state index in [1.54, 1.807) is 11.0 Å². The number of amides is 2. The fraction of sp³-hybridized carbons (Fsp3) is 0.438. The molecule has 1 aromatic rings. The number of nitrogens with one attached hydrogen (secondary N) is 1. The van der Waals surface area contributed by atoms with Crippen molar-refractivity contribution in [2.24, 2.45) is 5.92 Å². The van der Waals surface area contributed by atoms with Gasteiger partial charge in [-0.3, -0.25) is 9.59 Å². The Kier molecular flexibility index (Phi) is 5.76. The summed E-state index contributed by atoms with van der Waals surface area (Å²) in [7, 11) is 0. The molecule has 2 amide bonds. The summed E-state index contributed by atoms with van der Waals surface area (Å²) in [6.45, 7) is 2.29. The first-order valence-electron chi connectivity index (χ1n) is 7.54. The van der Waals surface area contributed by atoms with Crippen molar-refractivity contribution >= 4 is 39.4 Å². The fourth-order valence-corrected chi connectivity index (χ4v) is 3.03. The average molecular weight is 383 g/mol.